The third-order valence-electron chi connectivity index (χ3n) is 3.53. The largest absolute Gasteiger partial charge is 0.444 e. The van der Waals surface area contributed by atoms with Crippen molar-refractivity contribution in [3.05, 3.63) is 17.8 Å². The van der Waals surface area contributed by atoms with Gasteiger partial charge in [0.2, 0.25) is 5.89 Å². The third-order valence-corrected chi connectivity index (χ3v) is 3.53. The second-order valence-electron chi connectivity index (χ2n) is 4.66. The predicted molar refractivity (Wildman–Crippen MR) is 67.9 cm³/mol. The maximum atomic E-state index is 5.58. The van der Waals surface area contributed by atoms with Crippen LogP contribution in [0.3, 0.4) is 0 Å². The van der Waals surface area contributed by atoms with E-state index in [2.05, 4.69) is 29.0 Å². The van der Waals surface area contributed by atoms with Crippen LogP contribution in [0.25, 0.3) is 0 Å². The molecule has 0 saturated carbocycles. The van der Waals surface area contributed by atoms with Crippen molar-refractivity contribution in [1.82, 2.24) is 15.2 Å². The van der Waals surface area contributed by atoms with Gasteiger partial charge in [-0.1, -0.05) is 13.8 Å². The number of aromatic nitrogens is 1. The summed E-state index contributed by atoms with van der Waals surface area (Å²) in [5, 5.41) is 3.54. The fourth-order valence-corrected chi connectivity index (χ4v) is 2.28. The highest BCUT2D eigenvalue weighted by atomic mass is 16.4. The minimum absolute atomic E-state index is 0.620. The molecule has 2 heterocycles. The molecule has 0 bridgehead atoms. The second-order valence-corrected chi connectivity index (χ2v) is 4.66. The summed E-state index contributed by atoms with van der Waals surface area (Å²) in [4.78, 5) is 6.76. The zero-order valence-electron chi connectivity index (χ0n) is 10.9. The Morgan fingerprint density at radius 2 is 2.18 bits per heavy atom. The van der Waals surface area contributed by atoms with Gasteiger partial charge >= 0.3 is 0 Å². The van der Waals surface area contributed by atoms with Crippen molar-refractivity contribution in [2.24, 2.45) is 0 Å². The van der Waals surface area contributed by atoms with Crippen molar-refractivity contribution >= 4 is 0 Å². The third kappa shape index (κ3) is 3.54. The molecule has 0 spiro atoms. The first-order valence-electron chi connectivity index (χ1n) is 6.71. The van der Waals surface area contributed by atoms with Gasteiger partial charge < -0.3 is 14.6 Å². The number of nitrogens with zero attached hydrogens (tertiary/aromatic N) is 2. The molecule has 1 aliphatic rings. The molecule has 1 saturated heterocycles. The first-order valence-corrected chi connectivity index (χ1v) is 6.71. The molecule has 0 unspecified atom stereocenters. The van der Waals surface area contributed by atoms with Gasteiger partial charge in [-0.3, -0.25) is 0 Å². The molecule has 0 aliphatic carbocycles. The Bertz CT molecular complexity index is 329. The molecule has 2 rings (SSSR count). The molecular weight excluding hydrogens is 214 g/mol. The lowest BCUT2D eigenvalue weighted by Gasteiger charge is -2.31. The number of rotatable bonds is 5. The summed E-state index contributed by atoms with van der Waals surface area (Å²) in [6.45, 7) is 8.66. The van der Waals surface area contributed by atoms with E-state index in [0.717, 1.165) is 24.6 Å². The fourth-order valence-electron chi connectivity index (χ4n) is 2.28. The maximum absolute atomic E-state index is 5.58. The van der Waals surface area contributed by atoms with Crippen molar-refractivity contribution in [2.45, 2.75) is 45.7 Å². The molecule has 1 N–H and O–H groups in total. The normalized spacial score (nSPS) is 18.7. The van der Waals surface area contributed by atoms with E-state index >= 15 is 0 Å². The Kier molecular flexibility index (Phi) is 4.57. The number of hydrogen-bond acceptors (Lipinski definition) is 4. The van der Waals surface area contributed by atoms with Crippen LogP contribution in [0.5, 0.6) is 0 Å². The van der Waals surface area contributed by atoms with E-state index in [9.17, 15) is 0 Å². The molecule has 0 radical (unpaired) electrons. The van der Waals surface area contributed by atoms with Crippen LogP contribution in [0.1, 0.15) is 38.3 Å². The summed E-state index contributed by atoms with van der Waals surface area (Å²) in [6.07, 6.45) is 5.21. The maximum Gasteiger partial charge on any atom is 0.208 e. The average Bonchev–Trinajstić information content (AvgIpc) is 2.85. The van der Waals surface area contributed by atoms with E-state index in [0.29, 0.717) is 6.04 Å². The van der Waals surface area contributed by atoms with Crippen molar-refractivity contribution < 1.29 is 4.42 Å². The van der Waals surface area contributed by atoms with Crippen LogP contribution in [-0.2, 0) is 13.0 Å². The molecule has 4 nitrogen and oxygen atoms in total. The first-order chi connectivity index (χ1) is 8.31. The van der Waals surface area contributed by atoms with Crippen LogP contribution in [0.15, 0.2) is 10.6 Å². The smallest absolute Gasteiger partial charge is 0.208 e. The van der Waals surface area contributed by atoms with Crippen LogP contribution < -0.4 is 5.32 Å². The topological polar surface area (TPSA) is 41.3 Å². The lowest BCUT2D eigenvalue weighted by molar-refractivity contribution is 0.203. The van der Waals surface area contributed by atoms with E-state index in [1.54, 1.807) is 0 Å². The van der Waals surface area contributed by atoms with Crippen LogP contribution >= 0.6 is 0 Å². The standard InChI is InChI=1S/C13H23N3O/c1-3-12-9-15-13(17-12)10-14-11-5-7-16(4-2)8-6-11/h9,11,14H,3-8,10H2,1-2H3. The average molecular weight is 237 g/mol. The predicted octanol–water partition coefficient (Wildman–Crippen LogP) is 1.81. The summed E-state index contributed by atoms with van der Waals surface area (Å²) < 4.78 is 5.58. The minimum Gasteiger partial charge on any atom is -0.444 e. The van der Waals surface area contributed by atoms with Gasteiger partial charge in [-0.2, -0.15) is 0 Å². The highest BCUT2D eigenvalue weighted by Crippen LogP contribution is 2.11. The molecular formula is C13H23N3O. The van der Waals surface area contributed by atoms with Crippen molar-refractivity contribution in [3.63, 3.8) is 0 Å². The molecule has 1 fully saturated rings. The molecule has 1 aromatic rings. The van der Waals surface area contributed by atoms with E-state index in [1.165, 1.54) is 32.5 Å². The number of nitrogens with one attached hydrogen (secondary N) is 1. The summed E-state index contributed by atoms with van der Waals surface area (Å²) in [5.41, 5.74) is 0. The SMILES string of the molecule is CCc1cnc(CNC2CCN(CC)CC2)o1. The van der Waals surface area contributed by atoms with Gasteiger partial charge in [0.25, 0.3) is 0 Å². The number of aryl methyl sites for hydroxylation is 1. The first kappa shape index (κ1) is 12.6. The number of piperidine rings is 1. The summed E-state index contributed by atoms with van der Waals surface area (Å²) >= 11 is 0. The van der Waals surface area contributed by atoms with Gasteiger partial charge in [-0.05, 0) is 32.5 Å². The Balaban J connectivity index is 1.72. The number of oxazole rings is 1. The van der Waals surface area contributed by atoms with E-state index in [1.807, 2.05) is 6.20 Å². The van der Waals surface area contributed by atoms with Crippen LogP contribution in [0, 0.1) is 0 Å². The lowest BCUT2D eigenvalue weighted by atomic mass is 10.1. The van der Waals surface area contributed by atoms with Gasteiger partial charge in [0.15, 0.2) is 0 Å². The molecule has 1 aliphatic heterocycles. The summed E-state index contributed by atoms with van der Waals surface area (Å²) in [7, 11) is 0. The highest BCUT2D eigenvalue weighted by Gasteiger charge is 2.17. The summed E-state index contributed by atoms with van der Waals surface area (Å²) in [5.74, 6) is 1.79. The number of likely N-dealkylation sites (tertiary alicyclic amines) is 1. The number of hydrogen-bond donors (Lipinski definition) is 1. The molecule has 96 valence electrons. The monoisotopic (exact) mass is 237 g/mol. The Hall–Kier alpha value is -0.870. The van der Waals surface area contributed by atoms with Crippen LogP contribution in [0.4, 0.5) is 0 Å². The molecule has 0 amide bonds. The van der Waals surface area contributed by atoms with Gasteiger partial charge in [0.1, 0.15) is 5.76 Å². The molecule has 4 heteroatoms. The molecule has 0 atom stereocenters. The zero-order valence-corrected chi connectivity index (χ0v) is 10.9. The molecule has 17 heavy (non-hydrogen) atoms. The summed E-state index contributed by atoms with van der Waals surface area (Å²) in [6, 6.07) is 0.620. The fraction of sp³-hybridized carbons (Fsp3) is 0.769. The second kappa shape index (κ2) is 6.17. The van der Waals surface area contributed by atoms with Crippen LogP contribution in [0.2, 0.25) is 0 Å². The molecule has 0 aromatic carbocycles. The van der Waals surface area contributed by atoms with Gasteiger partial charge in [-0.15, -0.1) is 0 Å². The Morgan fingerprint density at radius 3 is 2.76 bits per heavy atom. The van der Waals surface area contributed by atoms with Crippen LogP contribution in [-0.4, -0.2) is 35.6 Å². The van der Waals surface area contributed by atoms with E-state index < -0.39 is 0 Å². The van der Waals surface area contributed by atoms with Gasteiger partial charge in [0.05, 0.1) is 12.7 Å². The van der Waals surface area contributed by atoms with Gasteiger partial charge in [0, 0.05) is 12.5 Å². The Morgan fingerprint density at radius 1 is 1.41 bits per heavy atom. The quantitative estimate of drug-likeness (QED) is 0.848. The zero-order chi connectivity index (χ0) is 12.1. The van der Waals surface area contributed by atoms with Crippen molar-refractivity contribution in [3.8, 4) is 0 Å². The lowest BCUT2D eigenvalue weighted by Crippen LogP contribution is -2.42. The van der Waals surface area contributed by atoms with Gasteiger partial charge in [-0.25, -0.2) is 4.98 Å². The minimum atomic E-state index is 0.620. The molecule has 1 aromatic heterocycles. The Labute approximate surface area is 103 Å². The highest BCUT2D eigenvalue weighted by molar-refractivity contribution is 4.93. The van der Waals surface area contributed by atoms with E-state index in [-0.39, 0.29) is 0 Å². The van der Waals surface area contributed by atoms with Crippen molar-refractivity contribution in [1.29, 1.82) is 0 Å². The van der Waals surface area contributed by atoms with E-state index in [4.69, 9.17) is 4.42 Å². The van der Waals surface area contributed by atoms with Crippen molar-refractivity contribution in [2.75, 3.05) is 19.6 Å².